The molecule has 1 saturated heterocycles. The zero-order chi connectivity index (χ0) is 22.7. The highest BCUT2D eigenvalue weighted by Gasteiger charge is 2.31. The van der Waals surface area contributed by atoms with Crippen molar-refractivity contribution in [3.05, 3.63) is 70.0 Å². The van der Waals surface area contributed by atoms with E-state index < -0.39 is 40.7 Å². The lowest BCUT2D eigenvalue weighted by atomic mass is 10.2. The number of hydrogen-bond acceptors (Lipinski definition) is 3. The van der Waals surface area contributed by atoms with Gasteiger partial charge in [-0.05, 0) is 36.0 Å². The average molecular weight is 476 g/mol. The molecule has 2 aromatic rings. The number of thiocarbonyl (C=S) groups is 1. The first-order valence-corrected chi connectivity index (χ1v) is 9.77. The van der Waals surface area contributed by atoms with Crippen molar-refractivity contribution in [1.82, 2.24) is 10.2 Å². The number of halogens is 6. The fourth-order valence-electron chi connectivity index (χ4n) is 2.98. The van der Waals surface area contributed by atoms with Gasteiger partial charge in [0.15, 0.2) is 28.4 Å². The number of nitrogens with one attached hydrogen (secondary N) is 1. The first-order valence-electron chi connectivity index (χ1n) is 8.99. The minimum Gasteiger partial charge on any atom is -0.363 e. The van der Waals surface area contributed by atoms with Gasteiger partial charge in [0.25, 0.3) is 0 Å². The van der Waals surface area contributed by atoms with E-state index in [-0.39, 0.29) is 31.3 Å². The Balaban J connectivity index is 1.59. The van der Waals surface area contributed by atoms with Gasteiger partial charge in [0, 0.05) is 37.3 Å². The van der Waals surface area contributed by atoms with E-state index in [1.165, 1.54) is 6.08 Å². The molecule has 0 aromatic heterocycles. The number of anilines is 1. The number of rotatable bonds is 3. The summed E-state index contributed by atoms with van der Waals surface area (Å²) in [4.78, 5) is 14.7. The molecule has 0 radical (unpaired) electrons. The van der Waals surface area contributed by atoms with Crippen molar-refractivity contribution in [2.24, 2.45) is 0 Å². The van der Waals surface area contributed by atoms with Crippen LogP contribution in [0.3, 0.4) is 0 Å². The van der Waals surface area contributed by atoms with Crippen molar-refractivity contribution in [3.8, 4) is 0 Å². The van der Waals surface area contributed by atoms with Gasteiger partial charge in [0.05, 0.1) is 0 Å². The molecule has 0 saturated carbocycles. The molecule has 164 valence electrons. The minimum absolute atomic E-state index is 0.0605. The summed E-state index contributed by atoms with van der Waals surface area (Å²) < 4.78 is 68.1. The van der Waals surface area contributed by atoms with Crippen LogP contribution in [0.15, 0.2) is 30.3 Å². The van der Waals surface area contributed by atoms with Crippen molar-refractivity contribution in [1.29, 1.82) is 0 Å². The summed E-state index contributed by atoms with van der Waals surface area (Å²) in [6.07, 6.45) is 2.84. The summed E-state index contributed by atoms with van der Waals surface area (Å²) in [6, 6.07) is 6.80. The van der Waals surface area contributed by atoms with E-state index in [4.69, 9.17) is 23.8 Å². The van der Waals surface area contributed by atoms with Gasteiger partial charge in [-0.15, -0.1) is 0 Å². The number of piperazine rings is 1. The number of benzene rings is 2. The number of amides is 1. The van der Waals surface area contributed by atoms with Gasteiger partial charge in [0.1, 0.15) is 5.69 Å². The van der Waals surface area contributed by atoms with Crippen LogP contribution in [-0.2, 0) is 4.79 Å². The maximum Gasteiger partial charge on any atom is 0.250 e. The number of nitrogens with zero attached hydrogens (tertiary/aromatic N) is 2. The van der Waals surface area contributed by atoms with Crippen LogP contribution >= 0.6 is 23.8 Å². The average Bonchev–Trinajstić information content (AvgIpc) is 2.76. The SMILES string of the molecule is O=C(/C=C/c1ccc(Cl)cc1)NC(=S)N1CCN(c2c(F)c(F)c(F)c(F)c2F)CC1. The van der Waals surface area contributed by atoms with E-state index in [1.54, 1.807) is 35.2 Å². The summed E-state index contributed by atoms with van der Waals surface area (Å²) in [5.74, 6) is -10.4. The molecule has 11 heteroatoms. The number of hydrogen-bond donors (Lipinski definition) is 1. The maximum atomic E-state index is 14.0. The predicted molar refractivity (Wildman–Crippen MR) is 111 cm³/mol. The summed E-state index contributed by atoms with van der Waals surface area (Å²) in [7, 11) is 0. The number of carbonyl (C=O) groups excluding carboxylic acids is 1. The van der Waals surface area contributed by atoms with Crippen molar-refractivity contribution in [3.63, 3.8) is 0 Å². The van der Waals surface area contributed by atoms with E-state index in [9.17, 15) is 26.7 Å². The van der Waals surface area contributed by atoms with Crippen LogP contribution in [0.25, 0.3) is 6.08 Å². The summed E-state index contributed by atoms with van der Waals surface area (Å²) in [6.45, 7) is 0.100. The van der Waals surface area contributed by atoms with Crippen LogP contribution < -0.4 is 10.2 Å². The zero-order valence-corrected chi connectivity index (χ0v) is 17.3. The van der Waals surface area contributed by atoms with Gasteiger partial charge >= 0.3 is 0 Å². The molecule has 4 nitrogen and oxygen atoms in total. The molecule has 0 atom stereocenters. The van der Waals surface area contributed by atoms with Crippen LogP contribution in [0.4, 0.5) is 27.6 Å². The van der Waals surface area contributed by atoms with Crippen LogP contribution in [0.2, 0.25) is 5.02 Å². The lowest BCUT2D eigenvalue weighted by Gasteiger charge is -2.37. The van der Waals surface area contributed by atoms with Crippen LogP contribution in [0.5, 0.6) is 0 Å². The van der Waals surface area contributed by atoms with Crippen LogP contribution in [0.1, 0.15) is 5.56 Å². The van der Waals surface area contributed by atoms with Crippen molar-refractivity contribution in [2.45, 2.75) is 0 Å². The van der Waals surface area contributed by atoms with Gasteiger partial charge in [-0.1, -0.05) is 23.7 Å². The van der Waals surface area contributed by atoms with Gasteiger partial charge < -0.3 is 9.80 Å². The lowest BCUT2D eigenvalue weighted by Crippen LogP contribution is -2.53. The highest BCUT2D eigenvalue weighted by atomic mass is 35.5. The topological polar surface area (TPSA) is 35.6 Å². The molecule has 1 aliphatic heterocycles. The van der Waals surface area contributed by atoms with Crippen LogP contribution in [-0.4, -0.2) is 42.1 Å². The van der Waals surface area contributed by atoms with E-state index in [2.05, 4.69) is 5.32 Å². The van der Waals surface area contributed by atoms with Gasteiger partial charge in [-0.2, -0.15) is 0 Å². The standard InChI is InChI=1S/C20H15ClF5N3OS/c21-12-4-1-11(2-5-12)3-6-13(30)27-20(31)29-9-7-28(8-10-29)19-17(25)15(23)14(22)16(24)18(19)26/h1-6H,7-10H2,(H,27,30,31)/b6-3+. The van der Waals surface area contributed by atoms with Crippen LogP contribution in [0, 0.1) is 29.1 Å². The molecular formula is C20H15ClF5N3OS. The smallest absolute Gasteiger partial charge is 0.250 e. The molecule has 2 aromatic carbocycles. The second-order valence-electron chi connectivity index (χ2n) is 6.57. The third-order valence-electron chi connectivity index (χ3n) is 4.60. The molecule has 0 unspecified atom stereocenters. The molecule has 1 aliphatic rings. The summed E-state index contributed by atoms with van der Waals surface area (Å²) >= 11 is 11.0. The zero-order valence-electron chi connectivity index (χ0n) is 15.8. The first kappa shape index (κ1) is 23.0. The fourth-order valence-corrected chi connectivity index (χ4v) is 3.39. The van der Waals surface area contributed by atoms with E-state index >= 15 is 0 Å². The monoisotopic (exact) mass is 475 g/mol. The molecule has 1 amide bonds. The third kappa shape index (κ3) is 5.13. The minimum atomic E-state index is -2.20. The maximum absolute atomic E-state index is 14.0. The van der Waals surface area contributed by atoms with Gasteiger partial charge in [-0.25, -0.2) is 22.0 Å². The Kier molecular flexibility index (Phi) is 7.11. The lowest BCUT2D eigenvalue weighted by molar-refractivity contribution is -0.115. The molecule has 0 aliphatic carbocycles. The van der Waals surface area contributed by atoms with Crippen molar-refractivity contribution < 1.29 is 26.7 Å². The van der Waals surface area contributed by atoms with E-state index in [0.717, 1.165) is 10.5 Å². The Labute approximate surface area is 184 Å². The van der Waals surface area contributed by atoms with E-state index in [0.29, 0.717) is 5.02 Å². The highest BCUT2D eigenvalue weighted by Crippen LogP contribution is 2.30. The Hall–Kier alpha value is -2.72. The Bertz CT molecular complexity index is 1010. The number of carbonyl (C=O) groups is 1. The molecule has 31 heavy (non-hydrogen) atoms. The largest absolute Gasteiger partial charge is 0.363 e. The predicted octanol–water partition coefficient (Wildman–Crippen LogP) is 4.27. The molecule has 0 bridgehead atoms. The summed E-state index contributed by atoms with van der Waals surface area (Å²) in [5.41, 5.74) is -0.223. The van der Waals surface area contributed by atoms with E-state index in [1.807, 2.05) is 0 Å². The van der Waals surface area contributed by atoms with Crippen molar-refractivity contribution in [2.75, 3.05) is 31.1 Å². The molecule has 1 fully saturated rings. The second-order valence-corrected chi connectivity index (χ2v) is 7.40. The van der Waals surface area contributed by atoms with Gasteiger partial charge in [0.2, 0.25) is 11.7 Å². The molecule has 0 spiro atoms. The Morgan fingerprint density at radius 1 is 0.903 bits per heavy atom. The van der Waals surface area contributed by atoms with Gasteiger partial charge in [-0.3, -0.25) is 10.1 Å². The quantitative estimate of drug-likeness (QED) is 0.236. The fraction of sp³-hybridized carbons (Fsp3) is 0.200. The molecule has 3 rings (SSSR count). The second kappa shape index (κ2) is 9.61. The Morgan fingerprint density at radius 2 is 1.42 bits per heavy atom. The normalized spacial score (nSPS) is 14.3. The summed E-state index contributed by atoms with van der Waals surface area (Å²) in [5, 5.41) is 3.15. The molecule has 1 heterocycles. The highest BCUT2D eigenvalue weighted by molar-refractivity contribution is 7.80. The third-order valence-corrected chi connectivity index (χ3v) is 5.21. The van der Waals surface area contributed by atoms with Crippen molar-refractivity contribution >= 4 is 46.6 Å². The Morgan fingerprint density at radius 3 is 1.97 bits per heavy atom. The molecular weight excluding hydrogens is 461 g/mol. The molecule has 1 N–H and O–H groups in total. The first-order chi connectivity index (χ1) is 14.7.